The van der Waals surface area contributed by atoms with Crippen LogP contribution in [0.3, 0.4) is 0 Å². The van der Waals surface area contributed by atoms with E-state index < -0.39 is 0 Å². The zero-order chi connectivity index (χ0) is 10.7. The summed E-state index contributed by atoms with van der Waals surface area (Å²) in [5.74, 6) is 0. The average Bonchev–Trinajstić information content (AvgIpc) is 2.29. The Morgan fingerprint density at radius 3 is 3.00 bits per heavy atom. The highest BCUT2D eigenvalue weighted by Crippen LogP contribution is 2.26. The standard InChI is InChI=1S/C13H20N2/c1-2-12(14)10-15-9-5-7-11-6-3-4-8-13(11)15/h3-4,6,8,12H,2,5,7,9-10,14H2,1H3. The third-order valence-electron chi connectivity index (χ3n) is 3.19. The Hall–Kier alpha value is -1.02. The van der Waals surface area contributed by atoms with E-state index in [0.29, 0.717) is 6.04 Å². The summed E-state index contributed by atoms with van der Waals surface area (Å²) in [6.45, 7) is 4.30. The molecule has 1 aromatic rings. The molecule has 0 amide bonds. The molecule has 0 spiro atoms. The maximum Gasteiger partial charge on any atom is 0.0399 e. The van der Waals surface area contributed by atoms with Crippen molar-refractivity contribution in [2.75, 3.05) is 18.0 Å². The fourth-order valence-electron chi connectivity index (χ4n) is 2.21. The molecule has 0 aliphatic carbocycles. The van der Waals surface area contributed by atoms with E-state index in [4.69, 9.17) is 5.73 Å². The van der Waals surface area contributed by atoms with Crippen LogP contribution in [0.25, 0.3) is 0 Å². The maximum atomic E-state index is 6.02. The first-order valence-electron chi connectivity index (χ1n) is 5.89. The van der Waals surface area contributed by atoms with Gasteiger partial charge in [-0.25, -0.2) is 0 Å². The van der Waals surface area contributed by atoms with Crippen LogP contribution in [-0.4, -0.2) is 19.1 Å². The van der Waals surface area contributed by atoms with E-state index in [-0.39, 0.29) is 0 Å². The molecule has 0 bridgehead atoms. The molecule has 0 saturated heterocycles. The van der Waals surface area contributed by atoms with Gasteiger partial charge in [0.15, 0.2) is 0 Å². The Bertz CT molecular complexity index is 322. The number of anilines is 1. The topological polar surface area (TPSA) is 29.3 Å². The van der Waals surface area contributed by atoms with E-state index in [1.807, 2.05) is 0 Å². The highest BCUT2D eigenvalue weighted by molar-refractivity contribution is 5.55. The molecule has 2 rings (SSSR count). The van der Waals surface area contributed by atoms with Crippen LogP contribution in [0.15, 0.2) is 24.3 Å². The van der Waals surface area contributed by atoms with Gasteiger partial charge in [-0.3, -0.25) is 0 Å². The van der Waals surface area contributed by atoms with Gasteiger partial charge in [-0.2, -0.15) is 0 Å². The summed E-state index contributed by atoms with van der Waals surface area (Å²) in [6, 6.07) is 9.00. The van der Waals surface area contributed by atoms with Crippen molar-refractivity contribution in [3.63, 3.8) is 0 Å². The van der Waals surface area contributed by atoms with E-state index in [0.717, 1.165) is 19.5 Å². The monoisotopic (exact) mass is 204 g/mol. The SMILES string of the molecule is CCC(N)CN1CCCc2ccccc21. The van der Waals surface area contributed by atoms with Crippen LogP contribution in [0.4, 0.5) is 5.69 Å². The highest BCUT2D eigenvalue weighted by Gasteiger charge is 2.17. The quantitative estimate of drug-likeness (QED) is 0.817. The van der Waals surface area contributed by atoms with Gasteiger partial charge in [0, 0.05) is 24.8 Å². The zero-order valence-electron chi connectivity index (χ0n) is 9.45. The Balaban J connectivity index is 2.15. The molecule has 1 aromatic carbocycles. The largest absolute Gasteiger partial charge is 0.370 e. The van der Waals surface area contributed by atoms with Gasteiger partial charge in [0.1, 0.15) is 0 Å². The Kier molecular flexibility index (Phi) is 3.27. The molecule has 0 radical (unpaired) electrons. The van der Waals surface area contributed by atoms with Crippen LogP contribution < -0.4 is 10.6 Å². The fraction of sp³-hybridized carbons (Fsp3) is 0.538. The third-order valence-corrected chi connectivity index (χ3v) is 3.19. The van der Waals surface area contributed by atoms with Crippen LogP contribution in [-0.2, 0) is 6.42 Å². The second-order valence-corrected chi connectivity index (χ2v) is 4.35. The normalized spacial score (nSPS) is 17.3. The summed E-state index contributed by atoms with van der Waals surface area (Å²) < 4.78 is 0. The first kappa shape index (κ1) is 10.5. The van der Waals surface area contributed by atoms with Crippen LogP contribution in [0.5, 0.6) is 0 Å². The number of aryl methyl sites for hydroxylation is 1. The summed E-state index contributed by atoms with van der Waals surface area (Å²) in [7, 11) is 0. The van der Waals surface area contributed by atoms with Crippen molar-refractivity contribution in [2.45, 2.75) is 32.2 Å². The highest BCUT2D eigenvalue weighted by atomic mass is 15.1. The lowest BCUT2D eigenvalue weighted by Gasteiger charge is -2.33. The number of benzene rings is 1. The molecule has 15 heavy (non-hydrogen) atoms. The van der Waals surface area contributed by atoms with E-state index in [9.17, 15) is 0 Å². The van der Waals surface area contributed by atoms with Gasteiger partial charge in [-0.1, -0.05) is 25.1 Å². The summed E-state index contributed by atoms with van der Waals surface area (Å²) >= 11 is 0. The smallest absolute Gasteiger partial charge is 0.0399 e. The fourth-order valence-corrected chi connectivity index (χ4v) is 2.21. The minimum atomic E-state index is 0.302. The molecule has 0 aromatic heterocycles. The predicted molar refractivity (Wildman–Crippen MR) is 65.2 cm³/mol. The number of hydrogen-bond acceptors (Lipinski definition) is 2. The van der Waals surface area contributed by atoms with Crippen molar-refractivity contribution in [1.29, 1.82) is 0 Å². The second-order valence-electron chi connectivity index (χ2n) is 4.35. The van der Waals surface area contributed by atoms with Gasteiger partial charge in [-0.15, -0.1) is 0 Å². The summed E-state index contributed by atoms with van der Waals surface area (Å²) in [5, 5.41) is 0. The van der Waals surface area contributed by atoms with E-state index in [1.54, 1.807) is 0 Å². The average molecular weight is 204 g/mol. The molecule has 2 N–H and O–H groups in total. The van der Waals surface area contributed by atoms with Crippen LogP contribution in [0.2, 0.25) is 0 Å². The summed E-state index contributed by atoms with van der Waals surface area (Å²) in [6.07, 6.45) is 3.53. The first-order chi connectivity index (χ1) is 7.31. The molecule has 1 aliphatic rings. The molecule has 82 valence electrons. The molecule has 2 heteroatoms. The summed E-state index contributed by atoms with van der Waals surface area (Å²) in [5.41, 5.74) is 8.89. The number of fused-ring (bicyclic) bond motifs is 1. The molecule has 1 heterocycles. The number of hydrogen-bond donors (Lipinski definition) is 1. The van der Waals surface area contributed by atoms with Gasteiger partial charge >= 0.3 is 0 Å². The van der Waals surface area contributed by atoms with Gasteiger partial charge in [-0.05, 0) is 30.9 Å². The van der Waals surface area contributed by atoms with Gasteiger partial charge in [0.05, 0.1) is 0 Å². The lowest BCUT2D eigenvalue weighted by molar-refractivity contribution is 0.591. The van der Waals surface area contributed by atoms with Gasteiger partial charge in [0.2, 0.25) is 0 Å². The molecular formula is C13H20N2. The van der Waals surface area contributed by atoms with Gasteiger partial charge in [0.25, 0.3) is 0 Å². The maximum absolute atomic E-state index is 6.02. The minimum absolute atomic E-state index is 0.302. The van der Waals surface area contributed by atoms with E-state index in [1.165, 1.54) is 24.1 Å². The second kappa shape index (κ2) is 4.67. The molecule has 2 nitrogen and oxygen atoms in total. The van der Waals surface area contributed by atoms with Crippen LogP contribution in [0.1, 0.15) is 25.3 Å². The predicted octanol–water partition coefficient (Wildman–Crippen LogP) is 2.18. The molecule has 0 saturated carbocycles. The Morgan fingerprint density at radius 2 is 2.20 bits per heavy atom. The van der Waals surface area contributed by atoms with Crippen LogP contribution >= 0.6 is 0 Å². The molecule has 1 atom stereocenters. The summed E-state index contributed by atoms with van der Waals surface area (Å²) in [4.78, 5) is 2.44. The number of nitrogens with zero attached hydrogens (tertiary/aromatic N) is 1. The van der Waals surface area contributed by atoms with Crippen molar-refractivity contribution in [1.82, 2.24) is 0 Å². The van der Waals surface area contributed by atoms with Crippen molar-refractivity contribution < 1.29 is 0 Å². The Morgan fingerprint density at radius 1 is 1.40 bits per heavy atom. The van der Waals surface area contributed by atoms with E-state index >= 15 is 0 Å². The van der Waals surface area contributed by atoms with E-state index in [2.05, 4.69) is 36.1 Å². The molecule has 1 unspecified atom stereocenters. The number of nitrogens with two attached hydrogens (primary N) is 1. The number of para-hydroxylation sites is 1. The molecule has 0 fully saturated rings. The van der Waals surface area contributed by atoms with Crippen molar-refractivity contribution in [3.8, 4) is 0 Å². The lowest BCUT2D eigenvalue weighted by atomic mass is 10.0. The van der Waals surface area contributed by atoms with Crippen molar-refractivity contribution in [2.24, 2.45) is 5.73 Å². The lowest BCUT2D eigenvalue weighted by Crippen LogP contribution is -2.39. The van der Waals surface area contributed by atoms with Crippen LogP contribution in [0, 0.1) is 0 Å². The first-order valence-corrected chi connectivity index (χ1v) is 5.89. The molecule has 1 aliphatic heterocycles. The molecular weight excluding hydrogens is 184 g/mol. The van der Waals surface area contributed by atoms with Crippen molar-refractivity contribution in [3.05, 3.63) is 29.8 Å². The third kappa shape index (κ3) is 2.32. The van der Waals surface area contributed by atoms with Gasteiger partial charge < -0.3 is 10.6 Å². The number of rotatable bonds is 3. The Labute approximate surface area is 92.1 Å². The minimum Gasteiger partial charge on any atom is -0.370 e. The zero-order valence-corrected chi connectivity index (χ0v) is 9.45. The van der Waals surface area contributed by atoms with Crippen molar-refractivity contribution >= 4 is 5.69 Å².